The number of alkyl halides is 2. The van der Waals surface area contributed by atoms with Crippen LogP contribution in [0.3, 0.4) is 0 Å². The van der Waals surface area contributed by atoms with Crippen LogP contribution < -0.4 is 5.09 Å². The number of nitrogens with one attached hydrogen (secondary N) is 1. The van der Waals surface area contributed by atoms with Crippen molar-refractivity contribution in [2.45, 2.75) is 6.10 Å². The minimum absolute atomic E-state index is 0.146. The average Bonchev–Trinajstić information content (AvgIpc) is 2.61. The fourth-order valence-electron chi connectivity index (χ4n) is 1.33. The monoisotopic (exact) mass is 276 g/mol. The van der Waals surface area contributed by atoms with E-state index in [-0.39, 0.29) is 6.61 Å². The maximum absolute atomic E-state index is 12.2. The Bertz CT molecular complexity index is 238. The minimum Gasteiger partial charge on any atom is -0.394 e. The molecule has 0 aromatic heterocycles. The zero-order valence-electron chi connectivity index (χ0n) is 8.23. The van der Waals surface area contributed by atoms with Crippen LogP contribution in [0.25, 0.3) is 0 Å². The number of nitrogens with zero attached hydrogens (tertiary/aromatic N) is 1. The van der Waals surface area contributed by atoms with Crippen LogP contribution in [0.5, 0.6) is 0 Å². The van der Waals surface area contributed by atoms with Crippen molar-refractivity contribution < 1.29 is 14.2 Å². The third-order valence-corrected chi connectivity index (χ3v) is 4.72. The highest BCUT2D eigenvalue weighted by molar-refractivity contribution is 7.54. The zero-order chi connectivity index (χ0) is 11.3. The van der Waals surface area contributed by atoms with Crippen LogP contribution in [0.2, 0.25) is 0 Å². The summed E-state index contributed by atoms with van der Waals surface area (Å²) in [6.45, 7) is 1.12. The summed E-state index contributed by atoms with van der Waals surface area (Å²) >= 11 is 11.2. The third-order valence-electron chi connectivity index (χ3n) is 2.07. The first-order chi connectivity index (χ1) is 7.16. The largest absolute Gasteiger partial charge is 0.394 e. The predicted octanol–water partition coefficient (Wildman–Crippen LogP) is 0.855. The summed E-state index contributed by atoms with van der Waals surface area (Å²) < 4.78 is 19.1. The van der Waals surface area contributed by atoms with Gasteiger partial charge in [-0.15, -0.1) is 23.2 Å². The molecule has 0 amide bonds. The summed E-state index contributed by atoms with van der Waals surface area (Å²) in [4.78, 5) is 0. The molecule has 15 heavy (non-hydrogen) atoms. The van der Waals surface area contributed by atoms with Crippen molar-refractivity contribution in [2.75, 3.05) is 38.0 Å². The molecule has 1 heterocycles. The maximum atomic E-state index is 12.2. The molecular formula is C7H15Cl2N2O3P. The number of halogens is 2. The molecule has 0 spiro atoms. The standard InChI is InChI=1S/C7H15Cl2N2O3P/c8-1-3-11(4-2-9)15(13)10-5-7(6-12)14-15/h7,12H,1-6H2,(H,10,13)/t7-,15+/m0/s1. The summed E-state index contributed by atoms with van der Waals surface area (Å²) in [5, 5.41) is 11.7. The number of hydrogen-bond acceptors (Lipinski definition) is 3. The molecule has 0 bridgehead atoms. The van der Waals surface area contributed by atoms with E-state index in [0.717, 1.165) is 0 Å². The molecule has 1 rings (SSSR count). The Morgan fingerprint density at radius 2 is 2.07 bits per heavy atom. The normalized spacial score (nSPS) is 31.3. The van der Waals surface area contributed by atoms with Gasteiger partial charge in [0.25, 0.3) is 0 Å². The van der Waals surface area contributed by atoms with Crippen LogP contribution in [-0.4, -0.2) is 53.9 Å². The molecule has 0 saturated carbocycles. The smallest absolute Gasteiger partial charge is 0.343 e. The van der Waals surface area contributed by atoms with Gasteiger partial charge in [-0.05, 0) is 0 Å². The molecular weight excluding hydrogens is 262 g/mol. The highest BCUT2D eigenvalue weighted by atomic mass is 35.5. The van der Waals surface area contributed by atoms with Crippen LogP contribution in [0.4, 0.5) is 0 Å². The Morgan fingerprint density at radius 3 is 2.47 bits per heavy atom. The first kappa shape index (κ1) is 13.7. The van der Waals surface area contributed by atoms with Crippen molar-refractivity contribution in [3.8, 4) is 0 Å². The van der Waals surface area contributed by atoms with Crippen LogP contribution in [-0.2, 0) is 9.09 Å². The molecule has 0 unspecified atom stereocenters. The number of aliphatic hydroxyl groups is 1. The third kappa shape index (κ3) is 3.56. The highest BCUT2D eigenvalue weighted by Gasteiger charge is 2.39. The van der Waals surface area contributed by atoms with Gasteiger partial charge in [-0.1, -0.05) is 0 Å². The SMILES string of the molecule is O=[P@]1(N(CCCl)CCCl)NC[C@@H](CO)O1. The topological polar surface area (TPSA) is 61.8 Å². The minimum atomic E-state index is -3.03. The van der Waals surface area contributed by atoms with E-state index in [1.165, 1.54) is 0 Å². The van der Waals surface area contributed by atoms with Crippen LogP contribution >= 0.6 is 30.9 Å². The maximum Gasteiger partial charge on any atom is 0.343 e. The van der Waals surface area contributed by atoms with Crippen molar-refractivity contribution in [1.82, 2.24) is 9.76 Å². The zero-order valence-corrected chi connectivity index (χ0v) is 10.6. The molecule has 0 aliphatic carbocycles. The summed E-state index contributed by atoms with van der Waals surface area (Å²) in [6.07, 6.45) is -0.413. The molecule has 1 fully saturated rings. The molecule has 2 atom stereocenters. The quantitative estimate of drug-likeness (QED) is 0.557. The molecule has 0 radical (unpaired) electrons. The van der Waals surface area contributed by atoms with Crippen molar-refractivity contribution in [2.24, 2.45) is 0 Å². The molecule has 0 aromatic rings. The highest BCUT2D eigenvalue weighted by Crippen LogP contribution is 2.50. The lowest BCUT2D eigenvalue weighted by molar-refractivity contribution is 0.134. The molecule has 1 aliphatic rings. The molecule has 0 aromatic carbocycles. The van der Waals surface area contributed by atoms with Gasteiger partial charge in [0.15, 0.2) is 0 Å². The lowest BCUT2D eigenvalue weighted by Crippen LogP contribution is -2.29. The molecule has 8 heteroatoms. The Kier molecular flexibility index (Phi) is 5.85. The van der Waals surface area contributed by atoms with E-state index in [4.69, 9.17) is 32.8 Å². The average molecular weight is 277 g/mol. The Hall–Kier alpha value is 0.650. The van der Waals surface area contributed by atoms with Gasteiger partial charge < -0.3 is 5.11 Å². The van der Waals surface area contributed by atoms with Crippen molar-refractivity contribution in [3.63, 3.8) is 0 Å². The summed E-state index contributed by atoms with van der Waals surface area (Å²) in [7, 11) is -3.03. The molecule has 1 saturated heterocycles. The van der Waals surface area contributed by atoms with Crippen molar-refractivity contribution in [3.05, 3.63) is 0 Å². The summed E-state index contributed by atoms with van der Waals surface area (Å²) in [6, 6.07) is 0. The Balaban J connectivity index is 2.61. The molecule has 2 N–H and O–H groups in total. The van der Waals surface area contributed by atoms with Crippen LogP contribution in [0, 0.1) is 0 Å². The van der Waals surface area contributed by atoms with E-state index in [1.54, 1.807) is 4.67 Å². The fourth-order valence-corrected chi connectivity index (χ4v) is 4.09. The number of rotatable bonds is 6. The number of hydrogen-bond donors (Lipinski definition) is 2. The Labute approximate surface area is 99.2 Å². The lowest BCUT2D eigenvalue weighted by Gasteiger charge is -2.25. The number of aliphatic hydroxyl groups excluding tert-OH is 1. The van der Waals surface area contributed by atoms with Gasteiger partial charge in [-0.25, -0.2) is 9.76 Å². The Morgan fingerprint density at radius 1 is 1.47 bits per heavy atom. The van der Waals surface area contributed by atoms with E-state index in [2.05, 4.69) is 5.09 Å². The van der Waals surface area contributed by atoms with Crippen molar-refractivity contribution in [1.29, 1.82) is 0 Å². The van der Waals surface area contributed by atoms with E-state index in [0.29, 0.717) is 31.4 Å². The van der Waals surface area contributed by atoms with Gasteiger partial charge in [-0.3, -0.25) is 9.09 Å². The molecule has 1 aliphatic heterocycles. The van der Waals surface area contributed by atoms with E-state index in [1.807, 2.05) is 0 Å². The second kappa shape index (κ2) is 6.40. The predicted molar refractivity (Wildman–Crippen MR) is 60.6 cm³/mol. The van der Waals surface area contributed by atoms with Gasteiger partial charge in [0.1, 0.15) is 6.10 Å². The van der Waals surface area contributed by atoms with Crippen LogP contribution in [0.15, 0.2) is 0 Å². The first-order valence-electron chi connectivity index (χ1n) is 4.68. The van der Waals surface area contributed by atoms with Gasteiger partial charge in [0.2, 0.25) is 0 Å². The van der Waals surface area contributed by atoms with Crippen LogP contribution in [0.1, 0.15) is 0 Å². The summed E-state index contributed by atoms with van der Waals surface area (Å²) in [5.74, 6) is 0.714. The van der Waals surface area contributed by atoms with Gasteiger partial charge in [0.05, 0.1) is 6.61 Å². The van der Waals surface area contributed by atoms with Gasteiger partial charge in [0, 0.05) is 31.4 Å². The molecule has 5 nitrogen and oxygen atoms in total. The first-order valence-corrected chi connectivity index (χ1v) is 7.32. The molecule has 90 valence electrons. The van der Waals surface area contributed by atoms with E-state index < -0.39 is 13.8 Å². The fraction of sp³-hybridized carbons (Fsp3) is 1.00. The second-order valence-corrected chi connectivity index (χ2v) is 6.01. The van der Waals surface area contributed by atoms with Crippen molar-refractivity contribution >= 4 is 30.9 Å². The van der Waals surface area contributed by atoms with Gasteiger partial charge >= 0.3 is 7.67 Å². The van der Waals surface area contributed by atoms with Gasteiger partial charge in [-0.2, -0.15) is 0 Å². The van der Waals surface area contributed by atoms with E-state index in [9.17, 15) is 4.57 Å². The second-order valence-electron chi connectivity index (χ2n) is 3.12. The van der Waals surface area contributed by atoms with E-state index >= 15 is 0 Å². The summed E-state index contributed by atoms with van der Waals surface area (Å²) in [5.41, 5.74) is 0. The lowest BCUT2D eigenvalue weighted by atomic mass is 10.4.